The van der Waals surface area contributed by atoms with Gasteiger partial charge in [0.15, 0.2) is 0 Å². The van der Waals surface area contributed by atoms with Crippen LogP contribution >= 0.6 is 0 Å². The van der Waals surface area contributed by atoms with Crippen molar-refractivity contribution >= 4 is 11.6 Å². The third kappa shape index (κ3) is 6.30. The SMILES string of the molecule is C=C(CC1CCCC(C)C1C)c1ccc(/C=C/C(C)C)cc1.CC. The van der Waals surface area contributed by atoms with Gasteiger partial charge in [-0.3, -0.25) is 0 Å². The summed E-state index contributed by atoms with van der Waals surface area (Å²) in [7, 11) is 0. The van der Waals surface area contributed by atoms with Crippen molar-refractivity contribution < 1.29 is 0 Å². The highest BCUT2D eigenvalue weighted by Gasteiger charge is 2.27. The molecule has 0 nitrogen and oxygen atoms in total. The maximum Gasteiger partial charge on any atom is -0.0230 e. The molecule has 0 spiro atoms. The van der Waals surface area contributed by atoms with Gasteiger partial charge in [0.05, 0.1) is 0 Å². The fraction of sp³-hybridized carbons (Fsp3) is 0.583. The van der Waals surface area contributed by atoms with E-state index in [2.05, 4.69) is 70.7 Å². The summed E-state index contributed by atoms with van der Waals surface area (Å²) in [6.45, 7) is 17.6. The van der Waals surface area contributed by atoms with E-state index in [1.807, 2.05) is 13.8 Å². The summed E-state index contributed by atoms with van der Waals surface area (Å²) in [6, 6.07) is 8.90. The number of rotatable bonds is 5. The Balaban J connectivity index is 0.00000139. The highest BCUT2D eigenvalue weighted by atomic mass is 14.3. The predicted octanol–water partition coefficient (Wildman–Crippen LogP) is 7.86. The van der Waals surface area contributed by atoms with E-state index in [4.69, 9.17) is 0 Å². The van der Waals surface area contributed by atoms with Crippen molar-refractivity contribution in [3.8, 4) is 0 Å². The zero-order chi connectivity index (χ0) is 18.1. The van der Waals surface area contributed by atoms with Gasteiger partial charge in [0.1, 0.15) is 0 Å². The molecule has 0 aliphatic heterocycles. The van der Waals surface area contributed by atoms with Gasteiger partial charge in [0, 0.05) is 0 Å². The zero-order valence-corrected chi connectivity index (χ0v) is 16.8. The molecule has 1 saturated carbocycles. The quantitative estimate of drug-likeness (QED) is 0.516. The monoisotopic (exact) mass is 326 g/mol. The van der Waals surface area contributed by atoms with Crippen molar-refractivity contribution in [3.63, 3.8) is 0 Å². The molecule has 0 heteroatoms. The summed E-state index contributed by atoms with van der Waals surface area (Å²) >= 11 is 0. The normalized spacial score (nSPS) is 23.9. The minimum absolute atomic E-state index is 0.601. The van der Waals surface area contributed by atoms with Crippen molar-refractivity contribution in [1.82, 2.24) is 0 Å². The van der Waals surface area contributed by atoms with Crippen LogP contribution in [0.4, 0.5) is 0 Å². The Morgan fingerprint density at radius 1 is 1.12 bits per heavy atom. The molecule has 0 amide bonds. The van der Waals surface area contributed by atoms with Crippen molar-refractivity contribution in [2.24, 2.45) is 23.7 Å². The van der Waals surface area contributed by atoms with Gasteiger partial charge in [-0.1, -0.05) is 97.4 Å². The lowest BCUT2D eigenvalue weighted by Crippen LogP contribution is -2.24. The van der Waals surface area contributed by atoms with E-state index < -0.39 is 0 Å². The Morgan fingerprint density at radius 2 is 1.75 bits per heavy atom. The van der Waals surface area contributed by atoms with Crippen LogP contribution in [0, 0.1) is 23.7 Å². The molecule has 3 atom stereocenters. The van der Waals surface area contributed by atoms with Gasteiger partial charge in [-0.05, 0) is 53.2 Å². The van der Waals surface area contributed by atoms with Gasteiger partial charge in [0.2, 0.25) is 0 Å². The van der Waals surface area contributed by atoms with Crippen LogP contribution in [0.15, 0.2) is 36.9 Å². The highest BCUT2D eigenvalue weighted by Crippen LogP contribution is 2.39. The summed E-state index contributed by atoms with van der Waals surface area (Å²) in [4.78, 5) is 0. The highest BCUT2D eigenvalue weighted by molar-refractivity contribution is 5.65. The minimum Gasteiger partial charge on any atom is -0.0952 e. The third-order valence-electron chi connectivity index (χ3n) is 5.38. The summed E-state index contributed by atoms with van der Waals surface area (Å²) in [5.74, 6) is 3.12. The summed E-state index contributed by atoms with van der Waals surface area (Å²) in [6.07, 6.45) is 9.78. The molecule has 0 heterocycles. The van der Waals surface area contributed by atoms with Crippen LogP contribution in [-0.2, 0) is 0 Å². The van der Waals surface area contributed by atoms with Crippen LogP contribution in [-0.4, -0.2) is 0 Å². The number of benzene rings is 1. The third-order valence-corrected chi connectivity index (χ3v) is 5.38. The smallest absolute Gasteiger partial charge is 0.0230 e. The lowest BCUT2D eigenvalue weighted by molar-refractivity contribution is 0.186. The maximum atomic E-state index is 4.36. The second-order valence-corrected chi connectivity index (χ2v) is 7.56. The van der Waals surface area contributed by atoms with E-state index >= 15 is 0 Å². The molecule has 1 aliphatic rings. The standard InChI is InChI=1S/C22H32.C2H6/c1-16(2)9-10-20-11-13-21(14-12-20)18(4)15-22-8-6-7-17(3)19(22)5;1-2/h9-14,16-17,19,22H,4,6-8,15H2,1-3,5H3;1-2H3/b10-9+;. The van der Waals surface area contributed by atoms with Crippen molar-refractivity contribution in [3.05, 3.63) is 48.0 Å². The summed E-state index contributed by atoms with van der Waals surface area (Å²) in [5.41, 5.74) is 3.90. The Bertz CT molecular complexity index is 503. The molecule has 134 valence electrons. The van der Waals surface area contributed by atoms with Gasteiger partial charge in [-0.25, -0.2) is 0 Å². The maximum absolute atomic E-state index is 4.36. The van der Waals surface area contributed by atoms with Crippen LogP contribution < -0.4 is 0 Å². The van der Waals surface area contributed by atoms with Gasteiger partial charge >= 0.3 is 0 Å². The fourth-order valence-corrected chi connectivity index (χ4v) is 3.55. The molecule has 0 aromatic heterocycles. The van der Waals surface area contributed by atoms with Crippen molar-refractivity contribution in [2.75, 3.05) is 0 Å². The van der Waals surface area contributed by atoms with Crippen LogP contribution in [0.2, 0.25) is 0 Å². The summed E-state index contributed by atoms with van der Waals surface area (Å²) < 4.78 is 0. The number of hydrogen-bond donors (Lipinski definition) is 0. The molecular weight excluding hydrogens is 288 g/mol. The lowest BCUT2D eigenvalue weighted by Gasteiger charge is -2.34. The molecule has 2 rings (SSSR count). The van der Waals surface area contributed by atoms with E-state index in [1.165, 1.54) is 36.0 Å². The molecule has 1 aromatic rings. The molecule has 0 bridgehead atoms. The van der Waals surface area contributed by atoms with Gasteiger partial charge in [-0.2, -0.15) is 0 Å². The predicted molar refractivity (Wildman–Crippen MR) is 111 cm³/mol. The Morgan fingerprint density at radius 3 is 2.33 bits per heavy atom. The average Bonchev–Trinajstić information content (AvgIpc) is 2.59. The number of hydrogen-bond acceptors (Lipinski definition) is 0. The van der Waals surface area contributed by atoms with E-state index in [0.717, 1.165) is 24.2 Å². The van der Waals surface area contributed by atoms with E-state index in [-0.39, 0.29) is 0 Å². The molecular formula is C24H38. The Kier molecular flexibility index (Phi) is 9.11. The van der Waals surface area contributed by atoms with E-state index in [1.54, 1.807) is 0 Å². The van der Waals surface area contributed by atoms with Gasteiger partial charge in [-0.15, -0.1) is 0 Å². The molecule has 1 aromatic carbocycles. The van der Waals surface area contributed by atoms with E-state index in [0.29, 0.717) is 5.92 Å². The largest absolute Gasteiger partial charge is 0.0952 e. The van der Waals surface area contributed by atoms with Crippen molar-refractivity contribution in [2.45, 2.75) is 67.2 Å². The lowest BCUT2D eigenvalue weighted by atomic mass is 9.71. The average molecular weight is 327 g/mol. The molecule has 1 fully saturated rings. The second-order valence-electron chi connectivity index (χ2n) is 7.56. The first kappa shape index (κ1) is 20.7. The van der Waals surface area contributed by atoms with E-state index in [9.17, 15) is 0 Å². The number of allylic oxidation sites excluding steroid dienone is 2. The Hall–Kier alpha value is -1.30. The first-order valence-electron chi connectivity index (χ1n) is 9.93. The van der Waals surface area contributed by atoms with Crippen LogP contribution in [0.3, 0.4) is 0 Å². The molecule has 0 saturated heterocycles. The van der Waals surface area contributed by atoms with Gasteiger partial charge < -0.3 is 0 Å². The summed E-state index contributed by atoms with van der Waals surface area (Å²) in [5, 5.41) is 0. The zero-order valence-electron chi connectivity index (χ0n) is 16.8. The molecule has 0 radical (unpaired) electrons. The molecule has 24 heavy (non-hydrogen) atoms. The Labute approximate surface area is 151 Å². The van der Waals surface area contributed by atoms with Crippen LogP contribution in [0.25, 0.3) is 11.6 Å². The molecule has 3 unspecified atom stereocenters. The molecule has 0 N–H and O–H groups in total. The first-order valence-corrected chi connectivity index (χ1v) is 9.93. The molecule has 1 aliphatic carbocycles. The minimum atomic E-state index is 0.601. The van der Waals surface area contributed by atoms with Crippen LogP contribution in [0.1, 0.15) is 78.4 Å². The first-order chi connectivity index (χ1) is 11.5. The second kappa shape index (κ2) is 10.5. The topological polar surface area (TPSA) is 0 Å². The fourth-order valence-electron chi connectivity index (χ4n) is 3.55. The van der Waals surface area contributed by atoms with Crippen LogP contribution in [0.5, 0.6) is 0 Å². The van der Waals surface area contributed by atoms with Gasteiger partial charge in [0.25, 0.3) is 0 Å². The van der Waals surface area contributed by atoms with Crippen molar-refractivity contribution in [1.29, 1.82) is 0 Å².